The average Bonchev–Trinajstić information content (AvgIpc) is 3.21. The second kappa shape index (κ2) is 6.79. The number of pyridine rings is 1. The Morgan fingerprint density at radius 3 is 2.59 bits per heavy atom. The summed E-state index contributed by atoms with van der Waals surface area (Å²) in [5.41, 5.74) is 2.30. The molecule has 2 aromatic heterocycles. The molecule has 2 aromatic rings. The average molecular weight is 368 g/mol. The summed E-state index contributed by atoms with van der Waals surface area (Å²) >= 11 is 0. The van der Waals surface area contributed by atoms with E-state index < -0.39 is 12.0 Å². The van der Waals surface area contributed by atoms with Crippen LogP contribution >= 0.6 is 0 Å². The Kier molecular flexibility index (Phi) is 4.45. The minimum absolute atomic E-state index is 0.0306. The van der Waals surface area contributed by atoms with Crippen LogP contribution in [-0.4, -0.2) is 48.7 Å². The first-order chi connectivity index (χ1) is 13.0. The normalized spacial score (nSPS) is 24.7. The number of hydrogen-bond donors (Lipinski definition) is 1. The van der Waals surface area contributed by atoms with Crippen LogP contribution in [-0.2, 0) is 4.79 Å². The molecule has 2 aliphatic rings. The maximum Gasteiger partial charge on any atom is 0.326 e. The Morgan fingerprint density at radius 1 is 1.19 bits per heavy atom. The molecule has 0 aromatic carbocycles. The van der Waals surface area contributed by atoms with E-state index in [1.165, 1.54) is 6.20 Å². The first-order valence-corrected chi connectivity index (χ1v) is 9.51. The molecule has 0 bridgehead atoms. The van der Waals surface area contributed by atoms with Gasteiger partial charge in [0.25, 0.3) is 5.91 Å². The highest BCUT2D eigenvalue weighted by Gasteiger charge is 2.47. The molecular weight excluding hydrogens is 344 g/mol. The molecule has 0 radical (unpaired) electrons. The number of carboxylic acids is 1. The quantitative estimate of drug-likeness (QED) is 0.900. The molecule has 27 heavy (non-hydrogen) atoms. The van der Waals surface area contributed by atoms with Gasteiger partial charge < -0.3 is 10.0 Å². The smallest absolute Gasteiger partial charge is 0.326 e. The summed E-state index contributed by atoms with van der Waals surface area (Å²) in [4.78, 5) is 30.9. The maximum atomic E-state index is 13.1. The molecule has 3 unspecified atom stereocenters. The van der Waals surface area contributed by atoms with Gasteiger partial charge in [-0.25, -0.2) is 14.5 Å². The van der Waals surface area contributed by atoms with Crippen molar-refractivity contribution in [1.29, 1.82) is 0 Å². The molecule has 1 amide bonds. The highest BCUT2D eigenvalue weighted by Crippen LogP contribution is 2.40. The van der Waals surface area contributed by atoms with E-state index in [0.717, 1.165) is 37.1 Å². The standard InChI is InChI=1S/C20H24N4O3/c1-12-9-13(2)24(22-12)18-8-7-15(11-21-18)19(25)23-16-6-4-3-5-14(16)10-17(23)20(26)27/h7-9,11,14,16-17H,3-6,10H2,1-2H3,(H,26,27). The molecule has 1 aliphatic carbocycles. The van der Waals surface area contributed by atoms with E-state index in [1.54, 1.807) is 21.7 Å². The Balaban J connectivity index is 1.61. The number of likely N-dealkylation sites (tertiary alicyclic amines) is 1. The minimum Gasteiger partial charge on any atom is -0.480 e. The third kappa shape index (κ3) is 3.11. The number of aliphatic carboxylic acids is 1. The van der Waals surface area contributed by atoms with Crippen molar-refractivity contribution >= 4 is 11.9 Å². The zero-order valence-electron chi connectivity index (χ0n) is 15.6. The molecule has 142 valence electrons. The van der Waals surface area contributed by atoms with Crippen molar-refractivity contribution in [1.82, 2.24) is 19.7 Å². The van der Waals surface area contributed by atoms with E-state index >= 15 is 0 Å². The summed E-state index contributed by atoms with van der Waals surface area (Å²) < 4.78 is 1.73. The molecule has 2 fully saturated rings. The lowest BCUT2D eigenvalue weighted by atomic mass is 9.84. The lowest BCUT2D eigenvalue weighted by Gasteiger charge is -2.33. The van der Waals surface area contributed by atoms with E-state index in [0.29, 0.717) is 23.7 Å². The summed E-state index contributed by atoms with van der Waals surface area (Å²) in [6.45, 7) is 3.87. The molecular formula is C20H24N4O3. The van der Waals surface area contributed by atoms with Gasteiger partial charge in [-0.2, -0.15) is 5.10 Å². The third-order valence-corrected chi connectivity index (χ3v) is 5.83. The Hall–Kier alpha value is -2.70. The number of carbonyl (C=O) groups excluding carboxylic acids is 1. The first-order valence-electron chi connectivity index (χ1n) is 9.51. The van der Waals surface area contributed by atoms with Crippen molar-refractivity contribution in [2.45, 2.75) is 58.0 Å². The summed E-state index contributed by atoms with van der Waals surface area (Å²) in [6.07, 6.45) is 6.15. The highest BCUT2D eigenvalue weighted by atomic mass is 16.4. The highest BCUT2D eigenvalue weighted by molar-refractivity contribution is 5.97. The molecule has 3 atom stereocenters. The second-order valence-corrected chi connectivity index (χ2v) is 7.66. The molecule has 1 saturated heterocycles. The minimum atomic E-state index is -0.912. The van der Waals surface area contributed by atoms with Crippen LogP contribution < -0.4 is 0 Å². The maximum absolute atomic E-state index is 13.1. The number of amides is 1. The predicted molar refractivity (Wildman–Crippen MR) is 98.8 cm³/mol. The van der Waals surface area contributed by atoms with Gasteiger partial charge in [-0.3, -0.25) is 4.79 Å². The van der Waals surface area contributed by atoms with Crippen LogP contribution in [0.5, 0.6) is 0 Å². The van der Waals surface area contributed by atoms with Gasteiger partial charge in [-0.05, 0) is 57.2 Å². The molecule has 4 rings (SSSR count). The van der Waals surface area contributed by atoms with E-state index in [1.807, 2.05) is 19.9 Å². The summed E-state index contributed by atoms with van der Waals surface area (Å²) in [5, 5.41) is 14.0. The third-order valence-electron chi connectivity index (χ3n) is 5.83. The SMILES string of the molecule is Cc1cc(C)n(-c2ccc(C(=O)N3C(C(=O)O)CC4CCCCC43)cn2)n1. The predicted octanol–water partition coefficient (Wildman–Crippen LogP) is 2.74. The molecule has 1 saturated carbocycles. The zero-order chi connectivity index (χ0) is 19.1. The number of fused-ring (bicyclic) bond motifs is 1. The van der Waals surface area contributed by atoms with E-state index in [9.17, 15) is 14.7 Å². The topological polar surface area (TPSA) is 88.3 Å². The molecule has 7 nitrogen and oxygen atoms in total. The fourth-order valence-electron chi connectivity index (χ4n) is 4.62. The van der Waals surface area contributed by atoms with Gasteiger partial charge >= 0.3 is 5.97 Å². The van der Waals surface area contributed by atoms with Gasteiger partial charge in [-0.15, -0.1) is 0 Å². The fraction of sp³-hybridized carbons (Fsp3) is 0.500. The molecule has 7 heteroatoms. The molecule has 0 spiro atoms. The van der Waals surface area contributed by atoms with Crippen molar-refractivity contribution in [3.8, 4) is 5.82 Å². The van der Waals surface area contributed by atoms with Crippen molar-refractivity contribution in [2.75, 3.05) is 0 Å². The fourth-order valence-corrected chi connectivity index (χ4v) is 4.62. The largest absolute Gasteiger partial charge is 0.480 e. The lowest BCUT2D eigenvalue weighted by molar-refractivity contribution is -0.141. The number of rotatable bonds is 3. The van der Waals surface area contributed by atoms with Gasteiger partial charge in [-0.1, -0.05) is 12.8 Å². The summed E-state index contributed by atoms with van der Waals surface area (Å²) in [7, 11) is 0. The van der Waals surface area contributed by atoms with Crippen LogP contribution in [0.25, 0.3) is 5.82 Å². The molecule has 3 heterocycles. The molecule has 1 aliphatic heterocycles. The number of carbonyl (C=O) groups is 2. The van der Waals surface area contributed by atoms with Crippen LogP contribution in [0, 0.1) is 19.8 Å². The number of nitrogens with zero attached hydrogens (tertiary/aromatic N) is 4. The van der Waals surface area contributed by atoms with Crippen molar-refractivity contribution in [2.24, 2.45) is 5.92 Å². The number of hydrogen-bond acceptors (Lipinski definition) is 4. The second-order valence-electron chi connectivity index (χ2n) is 7.66. The van der Waals surface area contributed by atoms with Crippen LogP contribution in [0.2, 0.25) is 0 Å². The van der Waals surface area contributed by atoms with Crippen LogP contribution in [0.15, 0.2) is 24.4 Å². The number of aryl methyl sites for hydroxylation is 2. The van der Waals surface area contributed by atoms with Crippen LogP contribution in [0.4, 0.5) is 0 Å². The van der Waals surface area contributed by atoms with Crippen LogP contribution in [0.1, 0.15) is 53.8 Å². The monoisotopic (exact) mass is 368 g/mol. The zero-order valence-corrected chi connectivity index (χ0v) is 15.6. The first kappa shape index (κ1) is 17.7. The Bertz CT molecular complexity index is 874. The Labute approximate surface area is 158 Å². The van der Waals surface area contributed by atoms with Crippen molar-refractivity contribution in [3.63, 3.8) is 0 Å². The Morgan fingerprint density at radius 2 is 1.96 bits per heavy atom. The molecule has 1 N–H and O–H groups in total. The summed E-state index contributed by atoms with van der Waals surface area (Å²) in [6, 6.07) is 4.74. The summed E-state index contributed by atoms with van der Waals surface area (Å²) in [5.74, 6) is -0.205. The number of aromatic nitrogens is 3. The lowest BCUT2D eigenvalue weighted by Crippen LogP contribution is -2.46. The van der Waals surface area contributed by atoms with Gasteiger partial charge in [0.05, 0.1) is 11.3 Å². The van der Waals surface area contributed by atoms with Gasteiger partial charge in [0.1, 0.15) is 6.04 Å². The van der Waals surface area contributed by atoms with Gasteiger partial charge in [0.15, 0.2) is 5.82 Å². The van der Waals surface area contributed by atoms with E-state index in [-0.39, 0.29) is 11.9 Å². The van der Waals surface area contributed by atoms with E-state index in [2.05, 4.69) is 10.1 Å². The van der Waals surface area contributed by atoms with Crippen molar-refractivity contribution < 1.29 is 14.7 Å². The van der Waals surface area contributed by atoms with Crippen LogP contribution in [0.3, 0.4) is 0 Å². The van der Waals surface area contributed by atoms with Gasteiger partial charge in [0.2, 0.25) is 0 Å². The number of carboxylic acid groups (broad SMARTS) is 1. The van der Waals surface area contributed by atoms with E-state index in [4.69, 9.17) is 0 Å². The van der Waals surface area contributed by atoms with Gasteiger partial charge in [0, 0.05) is 17.9 Å². The van der Waals surface area contributed by atoms with Crippen molar-refractivity contribution in [3.05, 3.63) is 41.3 Å².